The van der Waals surface area contributed by atoms with Crippen LogP contribution in [0.1, 0.15) is 44.0 Å². The molecule has 0 aliphatic carbocycles. The van der Waals surface area contributed by atoms with E-state index in [1.165, 1.54) is 4.90 Å². The quantitative estimate of drug-likeness (QED) is 0.483. The molecule has 0 radical (unpaired) electrons. The zero-order valence-electron chi connectivity index (χ0n) is 14.7. The van der Waals surface area contributed by atoms with Crippen LogP contribution in [0.25, 0.3) is 0 Å². The molecule has 2 atom stereocenters. The smallest absolute Gasteiger partial charge is 0.411 e. The summed E-state index contributed by atoms with van der Waals surface area (Å²) < 4.78 is 5.39. The van der Waals surface area contributed by atoms with Crippen LogP contribution in [-0.4, -0.2) is 40.8 Å². The first kappa shape index (κ1) is 19.0. The topological polar surface area (TPSA) is 88.1 Å². The number of carboxylic acid groups (broad SMARTS) is 1. The maximum Gasteiger partial charge on any atom is 0.411 e. The van der Waals surface area contributed by atoms with Crippen molar-refractivity contribution in [2.75, 3.05) is 13.2 Å². The molecular formula is C18H24N2O5. The molecule has 0 unspecified atom stereocenters. The van der Waals surface area contributed by atoms with Crippen LogP contribution in [0.5, 0.6) is 0 Å². The van der Waals surface area contributed by atoms with Gasteiger partial charge in [-0.3, -0.25) is 9.74 Å². The van der Waals surface area contributed by atoms with E-state index < -0.39 is 23.7 Å². The normalized spacial score (nSPS) is 19.9. The van der Waals surface area contributed by atoms with E-state index in [4.69, 9.17) is 9.57 Å². The molecule has 1 aromatic carbocycles. The molecule has 25 heavy (non-hydrogen) atoms. The molecular weight excluding hydrogens is 324 g/mol. The Morgan fingerprint density at radius 3 is 2.56 bits per heavy atom. The minimum absolute atomic E-state index is 0.111. The zero-order chi connectivity index (χ0) is 18.6. The number of carbonyl (C=O) groups is 2. The zero-order valence-corrected chi connectivity index (χ0v) is 14.7. The van der Waals surface area contributed by atoms with E-state index in [-0.39, 0.29) is 19.2 Å². The molecule has 1 aromatic rings. The van der Waals surface area contributed by atoms with Crippen LogP contribution in [0, 0.1) is 0 Å². The summed E-state index contributed by atoms with van der Waals surface area (Å²) in [6, 6.07) is 5.61. The molecule has 0 aromatic heterocycles. The number of amides is 1. The van der Waals surface area contributed by atoms with Crippen LogP contribution >= 0.6 is 0 Å². The second kappa shape index (κ2) is 7.67. The summed E-state index contributed by atoms with van der Waals surface area (Å²) in [5, 5.41) is 9.69. The maximum absolute atomic E-state index is 12.6. The molecule has 0 spiro atoms. The third-order valence-corrected chi connectivity index (χ3v) is 3.65. The predicted octanol–water partition coefficient (Wildman–Crippen LogP) is 2.81. The van der Waals surface area contributed by atoms with Crippen molar-refractivity contribution >= 4 is 12.1 Å². The number of nitrogens with one attached hydrogen (secondary N) is 1. The van der Waals surface area contributed by atoms with E-state index in [2.05, 4.69) is 12.1 Å². The molecule has 136 valence electrons. The highest BCUT2D eigenvalue weighted by Crippen LogP contribution is 2.36. The molecule has 7 heteroatoms. The minimum atomic E-state index is -1.11. The van der Waals surface area contributed by atoms with Gasteiger partial charge in [0.15, 0.2) is 6.04 Å². The standard InChI is InChI=1S/C18H24N2O5/c1-5-10-24-19-14-11-20(17(23)25-18(2,3)4)15(16(21)22)13-9-7-6-8-12(13)14/h5-9,14-15,19H,1,10-11H2,2-4H3,(H,21,22)/t14-,15-/m1/s1. The number of hydrogen-bond acceptors (Lipinski definition) is 5. The summed E-state index contributed by atoms with van der Waals surface area (Å²) >= 11 is 0. The van der Waals surface area contributed by atoms with Gasteiger partial charge in [-0.25, -0.2) is 9.59 Å². The Morgan fingerprint density at radius 2 is 2.00 bits per heavy atom. The van der Waals surface area contributed by atoms with Crippen molar-refractivity contribution in [2.45, 2.75) is 38.5 Å². The van der Waals surface area contributed by atoms with Crippen molar-refractivity contribution in [2.24, 2.45) is 0 Å². The van der Waals surface area contributed by atoms with Gasteiger partial charge in [0.05, 0.1) is 12.6 Å². The third kappa shape index (κ3) is 4.58. The molecule has 1 aliphatic heterocycles. The predicted molar refractivity (Wildman–Crippen MR) is 91.8 cm³/mol. The lowest BCUT2D eigenvalue weighted by atomic mass is 9.90. The Balaban J connectivity index is 2.37. The van der Waals surface area contributed by atoms with E-state index in [1.807, 2.05) is 12.1 Å². The van der Waals surface area contributed by atoms with Gasteiger partial charge in [-0.05, 0) is 31.9 Å². The van der Waals surface area contributed by atoms with Crippen molar-refractivity contribution in [3.05, 3.63) is 48.0 Å². The van der Waals surface area contributed by atoms with Gasteiger partial charge in [0.2, 0.25) is 0 Å². The molecule has 7 nitrogen and oxygen atoms in total. The summed E-state index contributed by atoms with van der Waals surface area (Å²) in [6.07, 6.45) is 0.915. The highest BCUT2D eigenvalue weighted by molar-refractivity contribution is 5.83. The van der Waals surface area contributed by atoms with Crippen LogP contribution in [-0.2, 0) is 14.4 Å². The van der Waals surface area contributed by atoms with Gasteiger partial charge >= 0.3 is 12.1 Å². The Kier molecular flexibility index (Phi) is 5.81. The van der Waals surface area contributed by atoms with Crippen LogP contribution in [0.15, 0.2) is 36.9 Å². The fraction of sp³-hybridized carbons (Fsp3) is 0.444. The molecule has 2 N–H and O–H groups in total. The fourth-order valence-electron chi connectivity index (χ4n) is 2.72. The van der Waals surface area contributed by atoms with Gasteiger partial charge in [0, 0.05) is 6.54 Å². The molecule has 1 heterocycles. The van der Waals surface area contributed by atoms with Gasteiger partial charge in [0.1, 0.15) is 5.60 Å². The fourth-order valence-corrected chi connectivity index (χ4v) is 2.72. The Hall–Kier alpha value is -2.38. The Morgan fingerprint density at radius 1 is 1.36 bits per heavy atom. The molecule has 2 rings (SSSR count). The second-order valence-corrected chi connectivity index (χ2v) is 6.77. The number of ether oxygens (including phenoxy) is 1. The van der Waals surface area contributed by atoms with Crippen molar-refractivity contribution < 1.29 is 24.3 Å². The van der Waals surface area contributed by atoms with E-state index in [0.29, 0.717) is 5.56 Å². The number of carboxylic acids is 1. The molecule has 1 amide bonds. The second-order valence-electron chi connectivity index (χ2n) is 6.77. The number of hydroxylamine groups is 1. The monoisotopic (exact) mass is 348 g/mol. The van der Waals surface area contributed by atoms with E-state index in [0.717, 1.165) is 5.56 Å². The van der Waals surface area contributed by atoms with Crippen molar-refractivity contribution in [3.8, 4) is 0 Å². The van der Waals surface area contributed by atoms with Gasteiger partial charge < -0.3 is 9.84 Å². The SMILES string of the molecule is C=CCON[C@@H]1CN(C(=O)OC(C)(C)C)[C@@H](C(=O)O)c2ccccc21. The molecule has 0 saturated carbocycles. The van der Waals surface area contributed by atoms with Gasteiger partial charge in [0.25, 0.3) is 0 Å². The summed E-state index contributed by atoms with van der Waals surface area (Å²) in [7, 11) is 0. The Bertz CT molecular complexity index is 653. The van der Waals surface area contributed by atoms with Crippen molar-refractivity contribution in [3.63, 3.8) is 0 Å². The molecule has 0 bridgehead atoms. The lowest BCUT2D eigenvalue weighted by molar-refractivity contribution is -0.144. The van der Waals surface area contributed by atoms with Crippen LogP contribution < -0.4 is 5.48 Å². The van der Waals surface area contributed by atoms with Crippen LogP contribution in [0.3, 0.4) is 0 Å². The Labute approximate surface area is 147 Å². The lowest BCUT2D eigenvalue weighted by Crippen LogP contribution is -2.49. The largest absolute Gasteiger partial charge is 0.479 e. The van der Waals surface area contributed by atoms with Crippen LogP contribution in [0.4, 0.5) is 4.79 Å². The average Bonchev–Trinajstić information content (AvgIpc) is 2.52. The summed E-state index contributed by atoms with van der Waals surface area (Å²) in [4.78, 5) is 30.9. The number of benzene rings is 1. The summed E-state index contributed by atoms with van der Waals surface area (Å²) in [5.41, 5.74) is 3.46. The van der Waals surface area contributed by atoms with E-state index in [9.17, 15) is 14.7 Å². The third-order valence-electron chi connectivity index (χ3n) is 3.65. The lowest BCUT2D eigenvalue weighted by Gasteiger charge is -2.39. The molecule has 0 fully saturated rings. The minimum Gasteiger partial charge on any atom is -0.479 e. The highest BCUT2D eigenvalue weighted by Gasteiger charge is 2.41. The molecule has 1 aliphatic rings. The first-order valence-corrected chi connectivity index (χ1v) is 8.04. The number of aliphatic carboxylic acids is 1. The number of nitrogens with zero attached hydrogens (tertiary/aromatic N) is 1. The van der Waals surface area contributed by atoms with Gasteiger partial charge in [-0.15, -0.1) is 6.58 Å². The van der Waals surface area contributed by atoms with Crippen LogP contribution in [0.2, 0.25) is 0 Å². The number of hydrogen-bond donors (Lipinski definition) is 2. The van der Waals surface area contributed by atoms with Gasteiger partial charge in [-0.1, -0.05) is 30.3 Å². The first-order valence-electron chi connectivity index (χ1n) is 8.04. The van der Waals surface area contributed by atoms with E-state index in [1.54, 1.807) is 39.0 Å². The summed E-state index contributed by atoms with van der Waals surface area (Å²) in [6.45, 7) is 9.19. The number of carbonyl (C=O) groups excluding carboxylic acids is 1. The maximum atomic E-state index is 12.6. The summed E-state index contributed by atoms with van der Waals surface area (Å²) in [5.74, 6) is -1.11. The number of rotatable bonds is 5. The van der Waals surface area contributed by atoms with Crippen molar-refractivity contribution in [1.82, 2.24) is 10.4 Å². The van der Waals surface area contributed by atoms with E-state index >= 15 is 0 Å². The van der Waals surface area contributed by atoms with Gasteiger partial charge in [-0.2, -0.15) is 5.48 Å². The van der Waals surface area contributed by atoms with Crippen molar-refractivity contribution in [1.29, 1.82) is 0 Å². The highest BCUT2D eigenvalue weighted by atomic mass is 16.6. The molecule has 0 saturated heterocycles. The average molecular weight is 348 g/mol. The first-order chi connectivity index (χ1) is 11.7. The number of fused-ring (bicyclic) bond motifs is 1.